The van der Waals surface area contributed by atoms with Crippen LogP contribution in [0.15, 0.2) is 119 Å². The number of para-hydroxylation sites is 2. The number of carboxylic acids is 1. The van der Waals surface area contributed by atoms with Crippen LogP contribution in [-0.2, 0) is 32.4 Å². The highest BCUT2D eigenvalue weighted by Gasteiger charge is 2.36. The van der Waals surface area contributed by atoms with Gasteiger partial charge in [-0.1, -0.05) is 93.9 Å². The van der Waals surface area contributed by atoms with E-state index in [1.807, 2.05) is 36.0 Å². The average molecular weight is 1100 g/mol. The highest BCUT2D eigenvalue weighted by Crippen LogP contribution is 2.38. The number of benzene rings is 4. The molecular formula is C40H28Cl6F6N6O7S2. The fraction of sp³-hybridized carbons (Fsp3) is 0.100. The van der Waals surface area contributed by atoms with E-state index < -0.39 is 86.6 Å². The Morgan fingerprint density at radius 2 is 1.00 bits per heavy atom. The maximum absolute atomic E-state index is 13.2. The molecule has 0 radical (unpaired) electrons. The van der Waals surface area contributed by atoms with Gasteiger partial charge in [0.15, 0.2) is 11.4 Å². The molecule has 0 bridgehead atoms. The highest BCUT2D eigenvalue weighted by atomic mass is 35.5. The number of amides is 1. The molecule has 67 heavy (non-hydrogen) atoms. The van der Waals surface area contributed by atoms with Gasteiger partial charge < -0.3 is 15.3 Å². The first-order valence-electron chi connectivity index (χ1n) is 17.9. The summed E-state index contributed by atoms with van der Waals surface area (Å²) >= 11 is 34.4. The number of halogens is 12. The Morgan fingerprint density at radius 3 is 1.40 bits per heavy atom. The van der Waals surface area contributed by atoms with E-state index in [0.29, 0.717) is 17.8 Å². The van der Waals surface area contributed by atoms with Crippen molar-refractivity contribution in [1.29, 1.82) is 0 Å². The van der Waals surface area contributed by atoms with Crippen LogP contribution in [0.2, 0.25) is 30.1 Å². The predicted octanol–water partition coefficient (Wildman–Crippen LogP) is 12.4. The van der Waals surface area contributed by atoms with Gasteiger partial charge in [0.1, 0.15) is 0 Å². The summed E-state index contributed by atoms with van der Waals surface area (Å²) in [7, 11) is -5.90. The maximum atomic E-state index is 13.2. The molecule has 0 aliphatic carbocycles. The lowest BCUT2D eigenvalue weighted by molar-refractivity contribution is -0.138. The van der Waals surface area contributed by atoms with Gasteiger partial charge in [0, 0.05) is 26.5 Å². The zero-order chi connectivity index (χ0) is 50.2. The van der Waals surface area contributed by atoms with Crippen molar-refractivity contribution in [2.24, 2.45) is 0 Å². The molecule has 0 spiro atoms. The number of anilines is 4. The molecule has 6 rings (SSSR count). The number of carbonyl (C=O) groups excluding carboxylic acids is 1. The molecule has 0 atom stereocenters. The zero-order valence-corrected chi connectivity index (χ0v) is 39.7. The quantitative estimate of drug-likeness (QED) is 0.0961. The first-order chi connectivity index (χ1) is 31.1. The molecule has 2 heterocycles. The van der Waals surface area contributed by atoms with Gasteiger partial charge in [-0.3, -0.25) is 14.2 Å². The Morgan fingerprint density at radius 1 is 0.582 bits per heavy atom. The van der Waals surface area contributed by atoms with E-state index in [9.17, 15) is 52.8 Å². The number of aromatic nitrogens is 2. The fourth-order valence-electron chi connectivity index (χ4n) is 5.22. The third kappa shape index (κ3) is 14.4. The van der Waals surface area contributed by atoms with Crippen molar-refractivity contribution in [3.05, 3.63) is 162 Å². The van der Waals surface area contributed by atoms with Crippen molar-refractivity contribution in [3.8, 4) is 0 Å². The highest BCUT2D eigenvalue weighted by molar-refractivity contribution is 7.93. The van der Waals surface area contributed by atoms with Crippen molar-refractivity contribution in [1.82, 2.24) is 9.97 Å². The number of sulfonamides is 2. The molecule has 0 unspecified atom stereocenters. The number of hydrogen-bond donors (Lipinski definition) is 4. The third-order valence-electron chi connectivity index (χ3n) is 8.37. The summed E-state index contributed by atoms with van der Waals surface area (Å²) in [5, 5.41) is 11.6. The van der Waals surface area contributed by atoms with Crippen LogP contribution >= 0.6 is 69.6 Å². The summed E-state index contributed by atoms with van der Waals surface area (Å²) < 4.78 is 132. The van der Waals surface area contributed by atoms with E-state index >= 15 is 0 Å². The van der Waals surface area contributed by atoms with Crippen molar-refractivity contribution in [2.45, 2.75) is 22.1 Å². The second-order valence-electron chi connectivity index (χ2n) is 12.9. The lowest BCUT2D eigenvalue weighted by atomic mass is 10.2. The van der Waals surface area contributed by atoms with E-state index in [2.05, 4.69) is 20.0 Å². The molecule has 0 aliphatic rings. The molecule has 0 aliphatic heterocycles. The molecule has 13 nitrogen and oxygen atoms in total. The van der Waals surface area contributed by atoms with Crippen molar-refractivity contribution in [2.75, 3.05) is 33.8 Å². The van der Waals surface area contributed by atoms with Crippen molar-refractivity contribution in [3.63, 3.8) is 0 Å². The van der Waals surface area contributed by atoms with Gasteiger partial charge in [-0.05, 0) is 72.8 Å². The summed E-state index contributed by atoms with van der Waals surface area (Å²) in [6, 6.07) is 20.2. The topological polar surface area (TPSA) is 188 Å². The predicted molar refractivity (Wildman–Crippen MR) is 245 cm³/mol. The van der Waals surface area contributed by atoms with Crippen molar-refractivity contribution < 1.29 is 57.9 Å². The normalized spacial score (nSPS) is 11.6. The molecule has 356 valence electrons. The van der Waals surface area contributed by atoms with Gasteiger partial charge in [-0.2, -0.15) is 26.3 Å². The van der Waals surface area contributed by atoms with Crippen LogP contribution in [0.4, 0.5) is 49.1 Å². The van der Waals surface area contributed by atoms with E-state index in [0.717, 1.165) is 64.4 Å². The van der Waals surface area contributed by atoms with E-state index in [1.54, 1.807) is 24.3 Å². The number of rotatable bonds is 10. The van der Waals surface area contributed by atoms with Gasteiger partial charge in [-0.25, -0.2) is 31.6 Å². The number of carboxylic acid groups (broad SMARTS) is 1. The Bertz CT molecular complexity index is 3050. The summed E-state index contributed by atoms with van der Waals surface area (Å²) in [6.07, 6.45) is -7.64. The van der Waals surface area contributed by atoms with Crippen LogP contribution in [0.1, 0.15) is 32.1 Å². The molecule has 4 aromatic carbocycles. The molecule has 0 saturated carbocycles. The second kappa shape index (κ2) is 22.2. The second-order valence-corrected chi connectivity index (χ2v) is 18.8. The zero-order valence-electron chi connectivity index (χ0n) is 33.5. The van der Waals surface area contributed by atoms with Crippen LogP contribution in [0.5, 0.6) is 0 Å². The molecule has 4 N–H and O–H groups in total. The first-order valence-corrected chi connectivity index (χ1v) is 23.1. The number of alkyl halides is 6. The number of carbonyl (C=O) groups is 2. The van der Waals surface area contributed by atoms with Crippen LogP contribution in [0, 0.1) is 0 Å². The SMILES string of the molecule is CN(C(=O)c1ncc(Cl)cc1NS(=O)(=O)c1ccc(Cl)c(C(F)(F)F)c1)c1ccccc1Cl.CNc1ccccc1Cl.O=C(O)c1ncc(Cl)cc1NS(=O)(=O)c1ccc(Cl)c(C(F)(F)F)c1. The molecule has 2 aromatic heterocycles. The summed E-state index contributed by atoms with van der Waals surface area (Å²) in [6.45, 7) is 0. The minimum atomic E-state index is -4.88. The number of aromatic carboxylic acids is 1. The lowest BCUT2D eigenvalue weighted by Crippen LogP contribution is -2.29. The Kier molecular flexibility index (Phi) is 18.0. The molecular weight excluding hydrogens is 1070 g/mol. The molecule has 6 aromatic rings. The number of nitrogens with one attached hydrogen (secondary N) is 3. The van der Waals surface area contributed by atoms with E-state index in [-0.39, 0.29) is 26.4 Å². The molecule has 1 amide bonds. The summed E-state index contributed by atoms with van der Waals surface area (Å²) in [5.41, 5.74) is -3.24. The molecule has 27 heteroatoms. The molecule has 0 saturated heterocycles. The molecule has 0 fully saturated rings. The van der Waals surface area contributed by atoms with Crippen LogP contribution in [0.25, 0.3) is 0 Å². The van der Waals surface area contributed by atoms with Crippen LogP contribution < -0.4 is 19.7 Å². The smallest absolute Gasteiger partial charge is 0.417 e. The third-order valence-corrected chi connectivity index (χ3v) is 12.8. The number of hydrogen-bond acceptors (Lipinski definition) is 9. The van der Waals surface area contributed by atoms with Gasteiger partial charge in [0.05, 0.1) is 73.8 Å². The number of nitrogens with zero attached hydrogens (tertiary/aromatic N) is 3. The minimum absolute atomic E-state index is 0.0169. The summed E-state index contributed by atoms with van der Waals surface area (Å²) in [5.74, 6) is -2.30. The van der Waals surface area contributed by atoms with Crippen LogP contribution in [-0.4, -0.2) is 57.9 Å². The van der Waals surface area contributed by atoms with Gasteiger partial charge >= 0.3 is 18.3 Å². The van der Waals surface area contributed by atoms with Gasteiger partial charge in [0.2, 0.25) is 0 Å². The van der Waals surface area contributed by atoms with E-state index in [4.69, 9.17) is 74.7 Å². The number of pyridine rings is 2. The largest absolute Gasteiger partial charge is 0.476 e. The van der Waals surface area contributed by atoms with Gasteiger partial charge in [0.25, 0.3) is 26.0 Å². The Labute approximate surface area is 407 Å². The van der Waals surface area contributed by atoms with Crippen molar-refractivity contribution >= 4 is 124 Å². The monoisotopic (exact) mass is 1090 g/mol. The standard InChI is InChI=1S/C20H13Cl3F3N3O3S.C13H7Cl2F3N2O4S.C7H8ClN/c1-29(17-5-3-2-4-15(17)23)19(30)18-16(8-11(21)10-27-18)28-33(31,32)12-6-7-14(22)13(9-12)20(24,25)26;14-6-3-10(11(12(21)22)19-5-6)20-25(23,24)7-1-2-9(15)8(4-7)13(16,17)18;1-9-7-5-3-2-4-6(7)8/h2-10,28H,1H3;1-5,20H,(H,21,22);2-5,9H,1H3. The summed E-state index contributed by atoms with van der Waals surface area (Å²) in [4.78, 5) is 31.1. The average Bonchev–Trinajstić information content (AvgIpc) is 3.23. The first kappa shape index (κ1) is 54.3. The van der Waals surface area contributed by atoms with Crippen LogP contribution in [0.3, 0.4) is 0 Å². The fourth-order valence-corrected chi connectivity index (χ4v) is 8.64. The van der Waals surface area contributed by atoms with E-state index in [1.165, 1.54) is 7.05 Å². The lowest BCUT2D eigenvalue weighted by Gasteiger charge is -2.20. The Balaban J connectivity index is 0.000000253. The Hall–Kier alpha value is -5.26. The van der Waals surface area contributed by atoms with Gasteiger partial charge in [-0.15, -0.1) is 0 Å². The maximum Gasteiger partial charge on any atom is 0.417 e. The minimum Gasteiger partial charge on any atom is -0.476 e.